The molecule has 1 heterocycles. The first kappa shape index (κ1) is 13.8. The van der Waals surface area contributed by atoms with E-state index < -0.39 is 0 Å². The van der Waals surface area contributed by atoms with Gasteiger partial charge >= 0.3 is 0 Å². The first-order valence-corrected chi connectivity index (χ1v) is 7.28. The number of hydrogen-bond acceptors (Lipinski definition) is 4. The van der Waals surface area contributed by atoms with Gasteiger partial charge in [0.05, 0.1) is 6.42 Å². The molecule has 21 heavy (non-hydrogen) atoms. The Hall–Kier alpha value is -2.14. The van der Waals surface area contributed by atoms with Gasteiger partial charge in [0, 0.05) is 10.0 Å². The van der Waals surface area contributed by atoms with Crippen LogP contribution < -0.4 is 0 Å². The number of aromatic hydroxyl groups is 1. The van der Waals surface area contributed by atoms with Gasteiger partial charge in [-0.05, 0) is 36.2 Å². The molecule has 0 amide bonds. The Morgan fingerprint density at radius 3 is 2.62 bits per heavy atom. The Morgan fingerprint density at radius 2 is 1.90 bits per heavy atom. The molecule has 0 bridgehead atoms. The van der Waals surface area contributed by atoms with Gasteiger partial charge in [0.25, 0.3) is 0 Å². The van der Waals surface area contributed by atoms with Crippen molar-refractivity contribution in [2.24, 2.45) is 0 Å². The van der Waals surface area contributed by atoms with E-state index in [9.17, 15) is 5.11 Å². The lowest BCUT2D eigenvalue weighted by atomic mass is 10.1. The minimum atomic E-state index is 0.245. The van der Waals surface area contributed by atoms with Crippen LogP contribution in [-0.4, -0.2) is 15.2 Å². The standard InChI is InChI=1S/C16H13BrN2O2/c1-10-2-5-12(9-14(10)17)16-18-15(21-19-16)8-11-3-6-13(20)7-4-11/h2-7,9,20H,8H2,1H3. The number of nitrogens with zero attached hydrogens (tertiary/aromatic N) is 2. The van der Waals surface area contributed by atoms with Crippen molar-refractivity contribution in [3.63, 3.8) is 0 Å². The predicted octanol–water partition coefficient (Wildman–Crippen LogP) is 4.10. The van der Waals surface area contributed by atoms with Crippen molar-refractivity contribution in [2.45, 2.75) is 13.3 Å². The van der Waals surface area contributed by atoms with Gasteiger partial charge in [0.2, 0.25) is 11.7 Å². The number of phenolic OH excluding ortho intramolecular Hbond substituents is 1. The Labute approximate surface area is 130 Å². The van der Waals surface area contributed by atoms with Gasteiger partial charge in [-0.15, -0.1) is 0 Å². The van der Waals surface area contributed by atoms with Crippen LogP contribution in [0.1, 0.15) is 17.0 Å². The van der Waals surface area contributed by atoms with Gasteiger partial charge in [0.1, 0.15) is 5.75 Å². The van der Waals surface area contributed by atoms with Crippen molar-refractivity contribution in [1.29, 1.82) is 0 Å². The van der Waals surface area contributed by atoms with Gasteiger partial charge in [0.15, 0.2) is 0 Å². The second-order valence-corrected chi connectivity index (χ2v) is 5.67. The number of benzene rings is 2. The third-order valence-corrected chi connectivity index (χ3v) is 4.04. The first-order chi connectivity index (χ1) is 10.1. The lowest BCUT2D eigenvalue weighted by Gasteiger charge is -1.99. The molecule has 0 saturated heterocycles. The summed E-state index contributed by atoms with van der Waals surface area (Å²) in [7, 11) is 0. The van der Waals surface area contributed by atoms with Crippen molar-refractivity contribution in [3.05, 3.63) is 64.0 Å². The Kier molecular flexibility index (Phi) is 3.75. The van der Waals surface area contributed by atoms with Gasteiger partial charge in [-0.2, -0.15) is 4.98 Å². The van der Waals surface area contributed by atoms with Gasteiger partial charge < -0.3 is 9.63 Å². The van der Waals surface area contributed by atoms with Crippen LogP contribution in [-0.2, 0) is 6.42 Å². The molecule has 0 aliphatic heterocycles. The zero-order chi connectivity index (χ0) is 14.8. The van der Waals surface area contributed by atoms with Crippen LogP contribution >= 0.6 is 15.9 Å². The van der Waals surface area contributed by atoms with E-state index in [1.165, 1.54) is 0 Å². The highest BCUT2D eigenvalue weighted by atomic mass is 79.9. The van der Waals surface area contributed by atoms with Crippen LogP contribution in [0.4, 0.5) is 0 Å². The minimum absolute atomic E-state index is 0.245. The van der Waals surface area contributed by atoms with Crippen LogP contribution in [0.25, 0.3) is 11.4 Å². The molecule has 0 spiro atoms. The molecular formula is C16H13BrN2O2. The normalized spacial score (nSPS) is 10.8. The van der Waals surface area contributed by atoms with E-state index in [4.69, 9.17) is 4.52 Å². The molecule has 3 aromatic rings. The maximum Gasteiger partial charge on any atom is 0.231 e. The molecule has 0 saturated carbocycles. The molecule has 0 aliphatic rings. The molecule has 0 atom stereocenters. The van der Waals surface area contributed by atoms with E-state index in [0.29, 0.717) is 18.1 Å². The zero-order valence-electron chi connectivity index (χ0n) is 11.4. The second-order valence-electron chi connectivity index (χ2n) is 4.82. The average molecular weight is 345 g/mol. The minimum Gasteiger partial charge on any atom is -0.508 e. The van der Waals surface area contributed by atoms with E-state index in [0.717, 1.165) is 21.2 Å². The highest BCUT2D eigenvalue weighted by molar-refractivity contribution is 9.10. The summed E-state index contributed by atoms with van der Waals surface area (Å²) in [5.74, 6) is 1.37. The maximum absolute atomic E-state index is 9.27. The van der Waals surface area contributed by atoms with Crippen molar-refractivity contribution in [2.75, 3.05) is 0 Å². The van der Waals surface area contributed by atoms with Gasteiger partial charge in [-0.25, -0.2) is 0 Å². The third kappa shape index (κ3) is 3.13. The van der Waals surface area contributed by atoms with Crippen LogP contribution in [0.2, 0.25) is 0 Å². The molecule has 3 rings (SSSR count). The molecule has 1 aromatic heterocycles. The van der Waals surface area contributed by atoms with Crippen molar-refractivity contribution in [3.8, 4) is 17.1 Å². The summed E-state index contributed by atoms with van der Waals surface area (Å²) in [6, 6.07) is 12.9. The fourth-order valence-electron chi connectivity index (χ4n) is 1.96. The number of aryl methyl sites for hydroxylation is 1. The summed E-state index contributed by atoms with van der Waals surface area (Å²) in [6.45, 7) is 2.03. The summed E-state index contributed by atoms with van der Waals surface area (Å²) < 4.78 is 6.30. The Morgan fingerprint density at radius 1 is 1.14 bits per heavy atom. The van der Waals surface area contributed by atoms with E-state index in [1.54, 1.807) is 12.1 Å². The molecule has 4 nitrogen and oxygen atoms in total. The number of aromatic nitrogens is 2. The molecule has 0 unspecified atom stereocenters. The second kappa shape index (κ2) is 5.69. The summed E-state index contributed by atoms with van der Waals surface area (Å²) in [5.41, 5.74) is 3.08. The van der Waals surface area contributed by atoms with Gasteiger partial charge in [-0.1, -0.05) is 45.4 Å². The highest BCUT2D eigenvalue weighted by Gasteiger charge is 2.10. The Balaban J connectivity index is 1.82. The van der Waals surface area contributed by atoms with E-state index in [-0.39, 0.29) is 5.75 Å². The fraction of sp³-hybridized carbons (Fsp3) is 0.125. The SMILES string of the molecule is Cc1ccc(-c2noc(Cc3ccc(O)cc3)n2)cc1Br. The fourth-order valence-corrected chi connectivity index (χ4v) is 2.34. The number of hydrogen-bond donors (Lipinski definition) is 1. The van der Waals surface area contributed by atoms with E-state index in [2.05, 4.69) is 26.1 Å². The van der Waals surface area contributed by atoms with Crippen molar-refractivity contribution in [1.82, 2.24) is 10.1 Å². The molecule has 1 N–H and O–H groups in total. The molecular weight excluding hydrogens is 332 g/mol. The number of halogens is 1. The lowest BCUT2D eigenvalue weighted by molar-refractivity contribution is 0.385. The van der Waals surface area contributed by atoms with Crippen LogP contribution in [0, 0.1) is 6.92 Å². The summed E-state index contributed by atoms with van der Waals surface area (Å²) in [6.07, 6.45) is 0.542. The summed E-state index contributed by atoms with van der Waals surface area (Å²) in [4.78, 5) is 4.41. The largest absolute Gasteiger partial charge is 0.508 e. The van der Waals surface area contributed by atoms with Gasteiger partial charge in [-0.3, -0.25) is 0 Å². The van der Waals surface area contributed by atoms with Crippen LogP contribution in [0.3, 0.4) is 0 Å². The third-order valence-electron chi connectivity index (χ3n) is 3.19. The number of rotatable bonds is 3. The first-order valence-electron chi connectivity index (χ1n) is 6.49. The zero-order valence-corrected chi connectivity index (χ0v) is 13.0. The van der Waals surface area contributed by atoms with E-state index >= 15 is 0 Å². The molecule has 5 heteroatoms. The quantitative estimate of drug-likeness (QED) is 0.776. The smallest absolute Gasteiger partial charge is 0.231 e. The van der Waals surface area contributed by atoms with Crippen molar-refractivity contribution < 1.29 is 9.63 Å². The summed E-state index contributed by atoms with van der Waals surface area (Å²) >= 11 is 3.50. The topological polar surface area (TPSA) is 59.2 Å². The molecule has 2 aromatic carbocycles. The van der Waals surface area contributed by atoms with E-state index in [1.807, 2.05) is 37.3 Å². The predicted molar refractivity (Wildman–Crippen MR) is 83.1 cm³/mol. The lowest BCUT2D eigenvalue weighted by Crippen LogP contribution is -1.88. The molecule has 0 fully saturated rings. The number of phenols is 1. The average Bonchev–Trinajstić information content (AvgIpc) is 2.93. The monoisotopic (exact) mass is 344 g/mol. The van der Waals surface area contributed by atoms with Crippen molar-refractivity contribution >= 4 is 15.9 Å². The maximum atomic E-state index is 9.27. The molecule has 0 radical (unpaired) electrons. The van der Waals surface area contributed by atoms with Crippen LogP contribution in [0.5, 0.6) is 5.75 Å². The highest BCUT2D eigenvalue weighted by Crippen LogP contribution is 2.24. The summed E-state index contributed by atoms with van der Waals surface area (Å²) in [5, 5.41) is 13.3. The van der Waals surface area contributed by atoms with Crippen LogP contribution in [0.15, 0.2) is 51.5 Å². The Bertz CT molecular complexity index is 766. The molecule has 0 aliphatic carbocycles. The molecule has 106 valence electrons.